The Balaban J connectivity index is 1.63. The lowest BCUT2D eigenvalue weighted by Crippen LogP contribution is -2.48. The number of carbonyl (C=O) groups is 1. The Hall–Kier alpha value is -2.64. The van der Waals surface area contributed by atoms with E-state index in [0.29, 0.717) is 23.9 Å². The quantitative estimate of drug-likeness (QED) is 0.890. The second kappa shape index (κ2) is 6.64. The van der Waals surface area contributed by atoms with Crippen molar-refractivity contribution in [2.45, 2.75) is 18.9 Å². The van der Waals surface area contributed by atoms with Crippen molar-refractivity contribution in [3.8, 4) is 5.75 Å². The average molecular weight is 316 g/mol. The molecular weight excluding hydrogens is 296 g/mol. The fraction of sp³-hybridized carbons (Fsp3) is 0.467. The van der Waals surface area contributed by atoms with Gasteiger partial charge in [-0.3, -0.25) is 9.48 Å². The number of carbonyl (C=O) groups excluding carboxylic acids is 1. The van der Waals surface area contributed by atoms with Crippen molar-refractivity contribution in [3.05, 3.63) is 30.4 Å². The number of anilines is 1. The highest BCUT2D eigenvalue weighted by atomic mass is 16.5. The molecule has 0 bridgehead atoms. The first-order chi connectivity index (χ1) is 11.2. The summed E-state index contributed by atoms with van der Waals surface area (Å²) in [5, 5.41) is 7.09. The Labute approximate surface area is 134 Å². The van der Waals surface area contributed by atoms with Crippen molar-refractivity contribution in [3.63, 3.8) is 0 Å². The Kier molecular flexibility index (Phi) is 4.40. The van der Waals surface area contributed by atoms with Gasteiger partial charge in [0, 0.05) is 32.4 Å². The Morgan fingerprint density at radius 1 is 1.39 bits per heavy atom. The molecule has 0 spiro atoms. The molecule has 2 aromatic rings. The number of rotatable bonds is 4. The van der Waals surface area contributed by atoms with Crippen LogP contribution in [0.5, 0.6) is 5.75 Å². The van der Waals surface area contributed by atoms with E-state index in [4.69, 9.17) is 4.74 Å². The number of ether oxygens (including phenoxy) is 1. The van der Waals surface area contributed by atoms with E-state index in [0.717, 1.165) is 19.4 Å². The van der Waals surface area contributed by atoms with Crippen LogP contribution in [-0.4, -0.2) is 51.9 Å². The highest BCUT2D eigenvalue weighted by molar-refractivity contribution is 5.92. The number of nitrogens with one attached hydrogen (secondary N) is 1. The second-order valence-electron chi connectivity index (χ2n) is 5.52. The van der Waals surface area contributed by atoms with Crippen molar-refractivity contribution in [1.29, 1.82) is 0 Å². The SMILES string of the molecule is COc1cnc(N2CCCC(NC(=O)c3ccnn3C)C2)nc1. The average Bonchev–Trinajstić information content (AvgIpc) is 3.01. The molecule has 0 aliphatic carbocycles. The molecule has 1 aliphatic heterocycles. The summed E-state index contributed by atoms with van der Waals surface area (Å²) in [6, 6.07) is 1.78. The van der Waals surface area contributed by atoms with E-state index in [9.17, 15) is 4.79 Å². The summed E-state index contributed by atoms with van der Waals surface area (Å²) in [4.78, 5) is 23.0. The van der Waals surface area contributed by atoms with Crippen molar-refractivity contribution < 1.29 is 9.53 Å². The van der Waals surface area contributed by atoms with Gasteiger partial charge in [0.2, 0.25) is 5.95 Å². The maximum atomic E-state index is 12.3. The van der Waals surface area contributed by atoms with Crippen LogP contribution < -0.4 is 15.0 Å². The molecule has 122 valence electrons. The van der Waals surface area contributed by atoms with Crippen LogP contribution in [0.25, 0.3) is 0 Å². The first-order valence-electron chi connectivity index (χ1n) is 7.57. The number of piperidine rings is 1. The zero-order chi connectivity index (χ0) is 16.2. The van der Waals surface area contributed by atoms with Gasteiger partial charge in [-0.05, 0) is 18.9 Å². The maximum absolute atomic E-state index is 12.3. The number of hydrogen-bond acceptors (Lipinski definition) is 6. The highest BCUT2D eigenvalue weighted by Gasteiger charge is 2.24. The van der Waals surface area contributed by atoms with Crippen molar-refractivity contribution in [2.75, 3.05) is 25.1 Å². The fourth-order valence-electron chi connectivity index (χ4n) is 2.71. The van der Waals surface area contributed by atoms with Gasteiger partial charge in [0.1, 0.15) is 5.69 Å². The Morgan fingerprint density at radius 3 is 2.83 bits per heavy atom. The van der Waals surface area contributed by atoms with E-state index in [1.54, 1.807) is 43.5 Å². The summed E-state index contributed by atoms with van der Waals surface area (Å²) >= 11 is 0. The minimum absolute atomic E-state index is 0.0665. The monoisotopic (exact) mass is 316 g/mol. The lowest BCUT2D eigenvalue weighted by molar-refractivity contribution is 0.0923. The summed E-state index contributed by atoms with van der Waals surface area (Å²) in [5.74, 6) is 1.18. The van der Waals surface area contributed by atoms with E-state index in [2.05, 4.69) is 25.3 Å². The fourth-order valence-corrected chi connectivity index (χ4v) is 2.71. The molecular formula is C15H20N6O2. The molecule has 1 unspecified atom stereocenters. The molecule has 1 N–H and O–H groups in total. The van der Waals surface area contributed by atoms with Crippen LogP contribution in [0.4, 0.5) is 5.95 Å². The smallest absolute Gasteiger partial charge is 0.269 e. The summed E-state index contributed by atoms with van der Waals surface area (Å²) in [6.45, 7) is 1.57. The van der Waals surface area contributed by atoms with Crippen LogP contribution in [0, 0.1) is 0 Å². The Morgan fingerprint density at radius 2 is 2.17 bits per heavy atom. The van der Waals surface area contributed by atoms with Crippen LogP contribution in [-0.2, 0) is 7.05 Å². The minimum Gasteiger partial charge on any atom is -0.494 e. The molecule has 3 rings (SSSR count). The third-order valence-corrected chi connectivity index (χ3v) is 3.94. The molecule has 2 aromatic heterocycles. The van der Waals surface area contributed by atoms with Gasteiger partial charge in [-0.1, -0.05) is 0 Å². The topological polar surface area (TPSA) is 85.2 Å². The minimum atomic E-state index is -0.104. The maximum Gasteiger partial charge on any atom is 0.269 e. The first-order valence-corrected chi connectivity index (χ1v) is 7.57. The molecule has 1 atom stereocenters. The van der Waals surface area contributed by atoms with Crippen LogP contribution >= 0.6 is 0 Å². The Bertz CT molecular complexity index is 669. The summed E-state index contributed by atoms with van der Waals surface area (Å²) in [7, 11) is 3.34. The normalized spacial score (nSPS) is 17.8. The molecule has 8 nitrogen and oxygen atoms in total. The molecule has 1 saturated heterocycles. The lowest BCUT2D eigenvalue weighted by atomic mass is 10.1. The number of amides is 1. The standard InChI is InChI=1S/C15H20N6O2/c1-20-13(5-6-18-20)14(22)19-11-4-3-7-21(10-11)15-16-8-12(23-2)9-17-15/h5-6,8-9,11H,3-4,7,10H2,1-2H3,(H,19,22). The summed E-state index contributed by atoms with van der Waals surface area (Å²) in [6.07, 6.45) is 6.84. The van der Waals surface area contributed by atoms with Gasteiger partial charge in [0.15, 0.2) is 5.75 Å². The zero-order valence-corrected chi connectivity index (χ0v) is 13.3. The molecule has 3 heterocycles. The van der Waals surface area contributed by atoms with Crippen molar-refractivity contribution in [1.82, 2.24) is 25.1 Å². The van der Waals surface area contributed by atoms with Crippen LogP contribution in [0.1, 0.15) is 23.3 Å². The predicted octanol–water partition coefficient (Wildman–Crippen LogP) is 0.617. The number of methoxy groups -OCH3 is 1. The second-order valence-corrected chi connectivity index (χ2v) is 5.52. The molecule has 1 amide bonds. The van der Waals surface area contributed by atoms with Gasteiger partial charge >= 0.3 is 0 Å². The van der Waals surface area contributed by atoms with E-state index in [-0.39, 0.29) is 11.9 Å². The van der Waals surface area contributed by atoms with Gasteiger partial charge in [0.25, 0.3) is 5.91 Å². The molecule has 23 heavy (non-hydrogen) atoms. The van der Waals surface area contributed by atoms with E-state index >= 15 is 0 Å². The van der Waals surface area contributed by atoms with Gasteiger partial charge in [-0.2, -0.15) is 5.10 Å². The lowest BCUT2D eigenvalue weighted by Gasteiger charge is -2.33. The van der Waals surface area contributed by atoms with Crippen molar-refractivity contribution in [2.24, 2.45) is 7.05 Å². The molecule has 1 fully saturated rings. The van der Waals surface area contributed by atoms with Crippen LogP contribution in [0.15, 0.2) is 24.7 Å². The van der Waals surface area contributed by atoms with Crippen LogP contribution in [0.2, 0.25) is 0 Å². The largest absolute Gasteiger partial charge is 0.494 e. The van der Waals surface area contributed by atoms with Gasteiger partial charge in [0.05, 0.1) is 19.5 Å². The van der Waals surface area contributed by atoms with Gasteiger partial charge in [-0.25, -0.2) is 9.97 Å². The molecule has 0 saturated carbocycles. The predicted molar refractivity (Wildman–Crippen MR) is 84.5 cm³/mol. The molecule has 1 aliphatic rings. The zero-order valence-electron chi connectivity index (χ0n) is 13.3. The van der Waals surface area contributed by atoms with Crippen LogP contribution in [0.3, 0.4) is 0 Å². The highest BCUT2D eigenvalue weighted by Crippen LogP contribution is 2.17. The molecule has 0 radical (unpaired) electrons. The van der Waals surface area contributed by atoms with E-state index in [1.807, 2.05) is 0 Å². The number of aromatic nitrogens is 4. The molecule has 8 heteroatoms. The number of nitrogens with zero attached hydrogens (tertiary/aromatic N) is 5. The van der Waals surface area contributed by atoms with Gasteiger partial charge in [-0.15, -0.1) is 0 Å². The summed E-state index contributed by atoms with van der Waals surface area (Å²) in [5.41, 5.74) is 0.558. The molecule has 0 aromatic carbocycles. The third-order valence-electron chi connectivity index (χ3n) is 3.94. The van der Waals surface area contributed by atoms with Gasteiger partial charge < -0.3 is 15.0 Å². The van der Waals surface area contributed by atoms with Crippen molar-refractivity contribution >= 4 is 11.9 Å². The van der Waals surface area contributed by atoms with E-state index in [1.165, 1.54) is 0 Å². The third kappa shape index (κ3) is 3.41. The number of aryl methyl sites for hydroxylation is 1. The first kappa shape index (κ1) is 15.3. The summed E-state index contributed by atoms with van der Waals surface area (Å²) < 4.78 is 6.65. The van der Waals surface area contributed by atoms with E-state index < -0.39 is 0 Å². The number of hydrogen-bond donors (Lipinski definition) is 1.